The van der Waals surface area contributed by atoms with Crippen molar-refractivity contribution in [3.63, 3.8) is 0 Å². The lowest BCUT2D eigenvalue weighted by Gasteiger charge is -2.18. The molecule has 0 aliphatic heterocycles. The van der Waals surface area contributed by atoms with E-state index >= 15 is 0 Å². The molecule has 0 saturated carbocycles. The first-order valence-corrected chi connectivity index (χ1v) is 30.9. The van der Waals surface area contributed by atoms with E-state index in [-0.39, 0.29) is 31.1 Å². The Morgan fingerprint density at radius 1 is 0.278 bits per heavy atom. The second kappa shape index (κ2) is 60.4. The van der Waals surface area contributed by atoms with E-state index < -0.39 is 6.10 Å². The first kappa shape index (κ1) is 68.8. The van der Waals surface area contributed by atoms with Gasteiger partial charge in [0.1, 0.15) is 13.2 Å². The Balaban J connectivity index is 4.19. The maximum Gasteiger partial charge on any atom is 0.306 e. The van der Waals surface area contributed by atoms with Crippen LogP contribution in [0.15, 0.2) is 72.9 Å². The Kier molecular flexibility index (Phi) is 57.8. The lowest BCUT2D eigenvalue weighted by molar-refractivity contribution is -0.167. The summed E-state index contributed by atoms with van der Waals surface area (Å²) >= 11 is 0. The first-order chi connectivity index (χ1) is 35.5. The van der Waals surface area contributed by atoms with Gasteiger partial charge in [-0.3, -0.25) is 14.4 Å². The lowest BCUT2D eigenvalue weighted by Crippen LogP contribution is -2.30. The maximum absolute atomic E-state index is 12.8. The van der Waals surface area contributed by atoms with E-state index in [1.165, 1.54) is 173 Å². The zero-order valence-corrected chi connectivity index (χ0v) is 47.7. The van der Waals surface area contributed by atoms with Gasteiger partial charge in [-0.2, -0.15) is 0 Å². The Bertz CT molecular complexity index is 1340. The van der Waals surface area contributed by atoms with Crippen molar-refractivity contribution >= 4 is 17.9 Å². The molecular formula is C66H116O6. The Morgan fingerprint density at radius 3 is 0.806 bits per heavy atom. The fourth-order valence-electron chi connectivity index (χ4n) is 8.75. The van der Waals surface area contributed by atoms with Crippen LogP contribution < -0.4 is 0 Å². The molecule has 0 aromatic carbocycles. The van der Waals surface area contributed by atoms with Crippen molar-refractivity contribution in [3.05, 3.63) is 72.9 Å². The molecule has 0 aromatic rings. The molecule has 0 rings (SSSR count). The zero-order valence-electron chi connectivity index (χ0n) is 47.7. The standard InChI is InChI=1S/C66H116O6/c1-4-7-10-13-16-19-21-23-25-27-29-30-31-32-33-34-35-36-38-39-41-43-45-47-50-53-56-59-65(68)71-62-63(61-70-64(67)58-55-52-49-18-15-12-9-6-3)72-66(69)60-57-54-51-48-46-44-42-40-37-28-26-24-22-20-17-14-11-8-5-2/h17,20-21,23-24,26-27,29,31-32,37,40,63H,4-16,18-19,22,25,28,30,33-36,38-39,41-62H2,1-3H3/b20-17-,23-21-,26-24-,29-27-,32-31-,40-37-. The van der Waals surface area contributed by atoms with Crippen LogP contribution in [0.5, 0.6) is 0 Å². The van der Waals surface area contributed by atoms with E-state index in [9.17, 15) is 14.4 Å². The quantitative estimate of drug-likeness (QED) is 0.0261. The Labute approximate surface area is 446 Å². The van der Waals surface area contributed by atoms with Crippen LogP contribution in [0.4, 0.5) is 0 Å². The highest BCUT2D eigenvalue weighted by molar-refractivity contribution is 5.71. The number of ether oxygens (including phenoxy) is 3. The molecule has 6 nitrogen and oxygen atoms in total. The number of carbonyl (C=O) groups excluding carboxylic acids is 3. The molecular weight excluding hydrogens is 889 g/mol. The summed E-state index contributed by atoms with van der Waals surface area (Å²) in [5, 5.41) is 0. The molecule has 0 heterocycles. The largest absolute Gasteiger partial charge is 0.462 e. The zero-order chi connectivity index (χ0) is 52.2. The molecule has 0 N–H and O–H groups in total. The Hall–Kier alpha value is -3.15. The summed E-state index contributed by atoms with van der Waals surface area (Å²) in [6, 6.07) is 0. The highest BCUT2D eigenvalue weighted by Crippen LogP contribution is 2.16. The third kappa shape index (κ3) is 57.7. The van der Waals surface area contributed by atoms with Crippen LogP contribution in [0.1, 0.15) is 310 Å². The van der Waals surface area contributed by atoms with E-state index in [0.717, 1.165) is 96.3 Å². The minimum atomic E-state index is -0.781. The molecule has 1 unspecified atom stereocenters. The smallest absolute Gasteiger partial charge is 0.306 e. The number of hydrogen-bond donors (Lipinski definition) is 0. The molecule has 0 saturated heterocycles. The van der Waals surface area contributed by atoms with Gasteiger partial charge in [0.05, 0.1) is 0 Å². The molecule has 0 aliphatic carbocycles. The van der Waals surface area contributed by atoms with E-state index in [4.69, 9.17) is 14.2 Å². The predicted octanol–water partition coefficient (Wildman–Crippen LogP) is 20.9. The molecule has 416 valence electrons. The third-order valence-electron chi connectivity index (χ3n) is 13.4. The minimum Gasteiger partial charge on any atom is -0.462 e. The van der Waals surface area contributed by atoms with Crippen LogP contribution in [0.2, 0.25) is 0 Å². The van der Waals surface area contributed by atoms with Gasteiger partial charge in [0, 0.05) is 19.3 Å². The van der Waals surface area contributed by atoms with Gasteiger partial charge in [0.15, 0.2) is 6.10 Å². The lowest BCUT2D eigenvalue weighted by atomic mass is 10.0. The first-order valence-electron chi connectivity index (χ1n) is 30.9. The Morgan fingerprint density at radius 2 is 0.500 bits per heavy atom. The molecule has 0 radical (unpaired) electrons. The highest BCUT2D eigenvalue weighted by Gasteiger charge is 2.19. The molecule has 0 aromatic heterocycles. The SMILES string of the molecule is CCCCC/C=C\C/C=C\C/C=C\CCCCCCCCC(=O)OC(COC(=O)CCCCCCCCCC)COC(=O)CCCCCCCCCCCCCC/C=C\C/C=C\C/C=C\CCCCCCC. The summed E-state index contributed by atoms with van der Waals surface area (Å²) in [5.74, 6) is -0.888. The van der Waals surface area contributed by atoms with Gasteiger partial charge < -0.3 is 14.2 Å². The number of allylic oxidation sites excluding steroid dienone is 12. The molecule has 1 atom stereocenters. The average molecular weight is 1010 g/mol. The summed E-state index contributed by atoms with van der Waals surface area (Å²) in [6.07, 6.45) is 77.7. The number of unbranched alkanes of at least 4 members (excludes halogenated alkanes) is 33. The second-order valence-corrected chi connectivity index (χ2v) is 20.6. The van der Waals surface area contributed by atoms with Crippen molar-refractivity contribution in [2.75, 3.05) is 13.2 Å². The molecule has 6 heteroatoms. The molecule has 0 amide bonds. The van der Waals surface area contributed by atoms with E-state index in [1.807, 2.05) is 0 Å². The van der Waals surface area contributed by atoms with Crippen LogP contribution in [-0.2, 0) is 28.6 Å². The van der Waals surface area contributed by atoms with Crippen molar-refractivity contribution in [2.24, 2.45) is 0 Å². The average Bonchev–Trinajstić information content (AvgIpc) is 3.38. The van der Waals surface area contributed by atoms with Gasteiger partial charge in [-0.1, -0.05) is 267 Å². The minimum absolute atomic E-state index is 0.0793. The van der Waals surface area contributed by atoms with Gasteiger partial charge in [-0.05, 0) is 96.3 Å². The van der Waals surface area contributed by atoms with Crippen molar-refractivity contribution in [1.82, 2.24) is 0 Å². The molecule has 0 spiro atoms. The van der Waals surface area contributed by atoms with Gasteiger partial charge >= 0.3 is 17.9 Å². The van der Waals surface area contributed by atoms with Crippen molar-refractivity contribution in [2.45, 2.75) is 316 Å². The van der Waals surface area contributed by atoms with Gasteiger partial charge in [-0.15, -0.1) is 0 Å². The normalized spacial score (nSPS) is 12.5. The third-order valence-corrected chi connectivity index (χ3v) is 13.4. The molecule has 0 fully saturated rings. The van der Waals surface area contributed by atoms with E-state index in [1.54, 1.807) is 0 Å². The second-order valence-electron chi connectivity index (χ2n) is 20.6. The van der Waals surface area contributed by atoms with Gasteiger partial charge in [0.25, 0.3) is 0 Å². The number of hydrogen-bond acceptors (Lipinski definition) is 6. The van der Waals surface area contributed by atoms with Crippen molar-refractivity contribution in [3.8, 4) is 0 Å². The number of rotatable bonds is 56. The number of esters is 3. The fourth-order valence-corrected chi connectivity index (χ4v) is 8.75. The van der Waals surface area contributed by atoms with Crippen LogP contribution in [0, 0.1) is 0 Å². The molecule has 0 bridgehead atoms. The van der Waals surface area contributed by atoms with Gasteiger partial charge in [-0.25, -0.2) is 0 Å². The molecule has 0 aliphatic rings. The summed E-state index contributed by atoms with van der Waals surface area (Å²) < 4.78 is 16.8. The van der Waals surface area contributed by atoms with Crippen molar-refractivity contribution in [1.29, 1.82) is 0 Å². The van der Waals surface area contributed by atoms with E-state index in [0.29, 0.717) is 19.3 Å². The summed E-state index contributed by atoms with van der Waals surface area (Å²) in [7, 11) is 0. The molecule has 72 heavy (non-hydrogen) atoms. The van der Waals surface area contributed by atoms with Crippen molar-refractivity contribution < 1.29 is 28.6 Å². The van der Waals surface area contributed by atoms with Gasteiger partial charge in [0.2, 0.25) is 0 Å². The van der Waals surface area contributed by atoms with Crippen LogP contribution in [0.3, 0.4) is 0 Å². The predicted molar refractivity (Wildman–Crippen MR) is 311 cm³/mol. The summed E-state index contributed by atoms with van der Waals surface area (Å²) in [5.41, 5.74) is 0. The highest BCUT2D eigenvalue weighted by atomic mass is 16.6. The maximum atomic E-state index is 12.8. The van der Waals surface area contributed by atoms with Crippen LogP contribution in [0.25, 0.3) is 0 Å². The fraction of sp³-hybridized carbons (Fsp3) is 0.773. The van der Waals surface area contributed by atoms with E-state index in [2.05, 4.69) is 93.7 Å². The summed E-state index contributed by atoms with van der Waals surface area (Å²) in [4.78, 5) is 38.1. The monoisotopic (exact) mass is 1000 g/mol. The topological polar surface area (TPSA) is 78.9 Å². The number of carbonyl (C=O) groups is 3. The van der Waals surface area contributed by atoms with Crippen LogP contribution >= 0.6 is 0 Å². The van der Waals surface area contributed by atoms with Crippen LogP contribution in [-0.4, -0.2) is 37.2 Å². The summed E-state index contributed by atoms with van der Waals surface area (Å²) in [6.45, 7) is 6.58.